The van der Waals surface area contributed by atoms with Crippen molar-refractivity contribution in [3.63, 3.8) is 0 Å². The quantitative estimate of drug-likeness (QED) is 0.427. The van der Waals surface area contributed by atoms with Crippen LogP contribution >= 0.6 is 0 Å². The van der Waals surface area contributed by atoms with Gasteiger partial charge in [-0.2, -0.15) is 0 Å². The number of phenolic OH excluding ortho intramolecular Hbond substituents is 2. The van der Waals surface area contributed by atoms with E-state index in [1.165, 1.54) is 18.2 Å². The molecular weight excluding hydrogens is 400 g/mol. The van der Waals surface area contributed by atoms with E-state index in [-0.39, 0.29) is 18.0 Å². The van der Waals surface area contributed by atoms with E-state index in [0.717, 1.165) is 10.5 Å². The molecule has 2 fully saturated rings. The highest BCUT2D eigenvalue weighted by atomic mass is 16.4. The number of imide groups is 1. The summed E-state index contributed by atoms with van der Waals surface area (Å²) < 4.78 is 0. The maximum atomic E-state index is 13.4. The fraction of sp³-hybridized carbons (Fsp3) is 0.348. The molecule has 4 rings (SSSR count). The number of phenols is 2. The number of nitrogens with zero attached hydrogens (tertiary/aromatic N) is 1. The molecule has 4 unspecified atom stereocenters. The molecule has 2 aromatic carbocycles. The van der Waals surface area contributed by atoms with Crippen LogP contribution in [-0.4, -0.2) is 43.5 Å². The van der Waals surface area contributed by atoms with Gasteiger partial charge in [0.25, 0.3) is 0 Å². The number of hydrogen-bond donors (Lipinski definition) is 4. The number of benzene rings is 2. The van der Waals surface area contributed by atoms with E-state index in [0.29, 0.717) is 5.56 Å². The Bertz CT molecular complexity index is 1050. The van der Waals surface area contributed by atoms with Gasteiger partial charge in [0.05, 0.1) is 18.4 Å². The first-order valence-corrected chi connectivity index (χ1v) is 10.1. The molecule has 162 valence electrons. The van der Waals surface area contributed by atoms with Crippen LogP contribution in [0.1, 0.15) is 31.0 Å². The van der Waals surface area contributed by atoms with Crippen LogP contribution in [0, 0.1) is 17.8 Å². The normalized spacial score (nSPS) is 27.7. The molecular formula is C23H24N2O6. The molecule has 0 aromatic heterocycles. The highest BCUT2D eigenvalue weighted by Crippen LogP contribution is 2.52. The summed E-state index contributed by atoms with van der Waals surface area (Å²) in [6.07, 6.45) is 0. The monoisotopic (exact) mass is 424 g/mol. The van der Waals surface area contributed by atoms with Crippen LogP contribution in [0.3, 0.4) is 0 Å². The van der Waals surface area contributed by atoms with Gasteiger partial charge in [-0.3, -0.25) is 24.6 Å². The standard InChI is InChI=1S/C23H24N2O6/c1-12(2)23(22(30)31)18-17(19(24-23)14-8-9-15(26)16(27)10-14)20(28)25(21(18)29)11-13-6-4-3-5-7-13/h3-10,12,17-19,24,26-27H,11H2,1-2H3,(H,30,31). The molecule has 0 spiro atoms. The zero-order chi connectivity index (χ0) is 22.5. The zero-order valence-electron chi connectivity index (χ0n) is 17.1. The van der Waals surface area contributed by atoms with E-state index in [1.807, 2.05) is 6.07 Å². The lowest BCUT2D eigenvalue weighted by atomic mass is 9.73. The predicted octanol–water partition coefficient (Wildman–Crippen LogP) is 2.02. The number of carboxylic acid groups (broad SMARTS) is 1. The molecule has 0 bridgehead atoms. The minimum absolute atomic E-state index is 0.0623. The van der Waals surface area contributed by atoms with Crippen molar-refractivity contribution in [3.05, 3.63) is 59.7 Å². The number of carbonyl (C=O) groups excluding carboxylic acids is 2. The van der Waals surface area contributed by atoms with Crippen LogP contribution in [-0.2, 0) is 20.9 Å². The van der Waals surface area contributed by atoms with Gasteiger partial charge in [-0.1, -0.05) is 50.2 Å². The highest BCUT2D eigenvalue weighted by molar-refractivity contribution is 6.09. The number of fused-ring (bicyclic) bond motifs is 1. The Hall–Kier alpha value is -3.39. The van der Waals surface area contributed by atoms with Gasteiger partial charge in [-0.05, 0) is 29.2 Å². The molecule has 0 radical (unpaired) electrons. The van der Waals surface area contributed by atoms with Gasteiger partial charge in [0.2, 0.25) is 11.8 Å². The van der Waals surface area contributed by atoms with Crippen LogP contribution in [0.5, 0.6) is 11.5 Å². The number of rotatable bonds is 5. The summed E-state index contributed by atoms with van der Waals surface area (Å²) in [5, 5.41) is 32.9. The van der Waals surface area contributed by atoms with Crippen molar-refractivity contribution in [1.29, 1.82) is 0 Å². The SMILES string of the molecule is CC(C)C1(C(=O)O)NC(c2ccc(O)c(O)c2)C2C(=O)N(Cc3ccccc3)C(=O)C21. The zero-order valence-corrected chi connectivity index (χ0v) is 17.1. The van der Waals surface area contributed by atoms with Crippen molar-refractivity contribution in [2.75, 3.05) is 0 Å². The largest absolute Gasteiger partial charge is 0.504 e. The van der Waals surface area contributed by atoms with Crippen molar-refractivity contribution in [2.45, 2.75) is 32.0 Å². The number of hydrogen-bond acceptors (Lipinski definition) is 6. The lowest BCUT2D eigenvalue weighted by molar-refractivity contribution is -0.153. The Morgan fingerprint density at radius 1 is 1.06 bits per heavy atom. The molecule has 2 heterocycles. The number of aromatic hydroxyl groups is 2. The molecule has 31 heavy (non-hydrogen) atoms. The van der Waals surface area contributed by atoms with Gasteiger partial charge < -0.3 is 15.3 Å². The first-order chi connectivity index (χ1) is 14.7. The summed E-state index contributed by atoms with van der Waals surface area (Å²) in [5.41, 5.74) is -0.459. The third-order valence-electron chi connectivity index (χ3n) is 6.49. The average molecular weight is 424 g/mol. The summed E-state index contributed by atoms with van der Waals surface area (Å²) in [6.45, 7) is 3.46. The van der Waals surface area contributed by atoms with Crippen molar-refractivity contribution in [1.82, 2.24) is 10.2 Å². The van der Waals surface area contributed by atoms with Crippen LogP contribution in [0.15, 0.2) is 48.5 Å². The lowest BCUT2D eigenvalue weighted by Crippen LogP contribution is -2.59. The Labute approximate surface area is 179 Å². The Morgan fingerprint density at radius 3 is 2.32 bits per heavy atom. The molecule has 2 aliphatic rings. The van der Waals surface area contributed by atoms with E-state index in [2.05, 4.69) is 5.32 Å². The molecule has 2 saturated heterocycles. The number of amides is 2. The number of aliphatic carboxylic acids is 1. The maximum absolute atomic E-state index is 13.4. The van der Waals surface area contributed by atoms with E-state index in [1.54, 1.807) is 38.1 Å². The fourth-order valence-corrected chi connectivity index (χ4v) is 4.92. The summed E-state index contributed by atoms with van der Waals surface area (Å²) in [6, 6.07) is 12.3. The molecule has 8 nitrogen and oxygen atoms in total. The third-order valence-corrected chi connectivity index (χ3v) is 6.49. The van der Waals surface area contributed by atoms with Gasteiger partial charge in [-0.25, -0.2) is 0 Å². The third kappa shape index (κ3) is 3.06. The number of likely N-dealkylation sites (tertiary alicyclic amines) is 1. The average Bonchev–Trinajstić information content (AvgIpc) is 3.22. The summed E-state index contributed by atoms with van der Waals surface area (Å²) in [4.78, 5) is 40.5. The van der Waals surface area contributed by atoms with Crippen molar-refractivity contribution in [2.24, 2.45) is 17.8 Å². The summed E-state index contributed by atoms with van der Waals surface area (Å²) in [5.74, 6) is -5.42. The van der Waals surface area contributed by atoms with E-state index < -0.39 is 47.1 Å². The lowest BCUT2D eigenvalue weighted by Gasteiger charge is -2.34. The summed E-state index contributed by atoms with van der Waals surface area (Å²) >= 11 is 0. The fourth-order valence-electron chi connectivity index (χ4n) is 4.92. The molecule has 4 N–H and O–H groups in total. The topological polar surface area (TPSA) is 127 Å². The first kappa shape index (κ1) is 20.9. The summed E-state index contributed by atoms with van der Waals surface area (Å²) in [7, 11) is 0. The van der Waals surface area contributed by atoms with Crippen molar-refractivity contribution in [3.8, 4) is 11.5 Å². The van der Waals surface area contributed by atoms with E-state index >= 15 is 0 Å². The number of nitrogens with one attached hydrogen (secondary N) is 1. The molecule has 2 aliphatic heterocycles. The molecule has 8 heteroatoms. The van der Waals surface area contributed by atoms with Gasteiger partial charge in [0.15, 0.2) is 11.5 Å². The molecule has 2 amide bonds. The predicted molar refractivity (Wildman–Crippen MR) is 110 cm³/mol. The maximum Gasteiger partial charge on any atom is 0.325 e. The second-order valence-corrected chi connectivity index (χ2v) is 8.45. The van der Waals surface area contributed by atoms with Gasteiger partial charge in [0, 0.05) is 6.04 Å². The van der Waals surface area contributed by atoms with Gasteiger partial charge in [0.1, 0.15) is 5.54 Å². The first-order valence-electron chi connectivity index (χ1n) is 10.1. The van der Waals surface area contributed by atoms with Crippen LogP contribution < -0.4 is 5.32 Å². The molecule has 2 aromatic rings. The second kappa shape index (κ2) is 7.39. The van der Waals surface area contributed by atoms with Crippen molar-refractivity contribution >= 4 is 17.8 Å². The second-order valence-electron chi connectivity index (χ2n) is 8.45. The number of carboxylic acids is 1. The van der Waals surface area contributed by atoms with E-state index in [9.17, 15) is 29.7 Å². The molecule has 0 aliphatic carbocycles. The minimum atomic E-state index is -1.65. The molecule has 4 atom stereocenters. The molecule has 0 saturated carbocycles. The Kier molecular flexibility index (Phi) is 4.97. The smallest absolute Gasteiger partial charge is 0.325 e. The van der Waals surface area contributed by atoms with Crippen LogP contribution in [0.25, 0.3) is 0 Å². The van der Waals surface area contributed by atoms with Gasteiger partial charge >= 0.3 is 5.97 Å². The minimum Gasteiger partial charge on any atom is -0.504 e. The number of carbonyl (C=O) groups is 3. The van der Waals surface area contributed by atoms with Crippen molar-refractivity contribution < 1.29 is 29.7 Å². The van der Waals surface area contributed by atoms with Gasteiger partial charge in [-0.15, -0.1) is 0 Å². The van der Waals surface area contributed by atoms with E-state index in [4.69, 9.17) is 0 Å². The van der Waals surface area contributed by atoms with Crippen LogP contribution in [0.4, 0.5) is 0 Å². The Balaban J connectivity index is 1.81. The highest BCUT2D eigenvalue weighted by Gasteiger charge is 2.69. The Morgan fingerprint density at radius 2 is 1.74 bits per heavy atom. The van der Waals surface area contributed by atoms with Crippen LogP contribution in [0.2, 0.25) is 0 Å².